The summed E-state index contributed by atoms with van der Waals surface area (Å²) in [7, 11) is -1.12. The fourth-order valence-electron chi connectivity index (χ4n) is 3.22. The molecule has 1 aromatic rings. The van der Waals surface area contributed by atoms with Gasteiger partial charge in [0.1, 0.15) is 5.82 Å². The van der Waals surface area contributed by atoms with Crippen LogP contribution in [-0.4, -0.2) is 33.0 Å². The van der Waals surface area contributed by atoms with E-state index in [1.54, 1.807) is 6.26 Å². The molecule has 0 N–H and O–H groups in total. The first-order chi connectivity index (χ1) is 9.70. The van der Waals surface area contributed by atoms with Crippen LogP contribution in [0.5, 0.6) is 0 Å². The topological polar surface area (TPSA) is 46.1 Å². The summed E-state index contributed by atoms with van der Waals surface area (Å²) in [6, 6.07) is 0.580. The molecule has 0 saturated heterocycles. The van der Waals surface area contributed by atoms with Crippen LogP contribution in [0.4, 0.5) is 5.82 Å². The Balaban J connectivity index is 2.04. The van der Waals surface area contributed by atoms with Crippen LogP contribution < -0.4 is 4.90 Å². The molecule has 1 saturated carbocycles. The van der Waals surface area contributed by atoms with Crippen LogP contribution in [-0.2, 0) is 10.8 Å². The van der Waals surface area contributed by atoms with Gasteiger partial charge in [0.25, 0.3) is 0 Å². The van der Waals surface area contributed by atoms with Crippen molar-refractivity contribution >= 4 is 22.2 Å². The van der Waals surface area contributed by atoms with Gasteiger partial charge in [0.2, 0.25) is 5.16 Å². The molecular weight excluding hydrogens is 270 g/mol. The Kier molecular flexibility index (Phi) is 3.87. The van der Waals surface area contributed by atoms with Gasteiger partial charge in [0.05, 0.1) is 10.8 Å². The molecular formula is C15H21N3OS. The lowest BCUT2D eigenvalue weighted by molar-refractivity contribution is 0.615. The average Bonchev–Trinajstić information content (AvgIpc) is 2.99. The van der Waals surface area contributed by atoms with Gasteiger partial charge in [-0.25, -0.2) is 9.97 Å². The van der Waals surface area contributed by atoms with Gasteiger partial charge in [0, 0.05) is 30.6 Å². The standard InChI is InChI=1S/C15H21N3OS/c1-3-11-8-9-18(12-6-4-5-7-12)14-13(11)10-16-15(17-14)20(2)19/h8,10,12H,3-7,9H2,1-2H3. The van der Waals surface area contributed by atoms with E-state index in [1.807, 2.05) is 6.20 Å². The van der Waals surface area contributed by atoms with Gasteiger partial charge in [-0.05, 0) is 24.8 Å². The molecule has 1 aromatic heterocycles. The highest BCUT2D eigenvalue weighted by molar-refractivity contribution is 7.84. The minimum Gasteiger partial charge on any atom is -0.349 e. The van der Waals surface area contributed by atoms with Gasteiger partial charge in [-0.15, -0.1) is 0 Å². The van der Waals surface area contributed by atoms with Gasteiger partial charge in [-0.2, -0.15) is 0 Å². The zero-order valence-corrected chi connectivity index (χ0v) is 12.9. The van der Waals surface area contributed by atoms with Crippen molar-refractivity contribution in [3.8, 4) is 0 Å². The third kappa shape index (κ3) is 2.39. The molecule has 0 bridgehead atoms. The Hall–Kier alpha value is -1.23. The summed E-state index contributed by atoms with van der Waals surface area (Å²) in [5.41, 5.74) is 2.43. The van der Waals surface area contributed by atoms with Gasteiger partial charge in [-0.1, -0.05) is 25.8 Å². The molecule has 1 fully saturated rings. The highest BCUT2D eigenvalue weighted by Crippen LogP contribution is 2.36. The minimum atomic E-state index is -1.12. The van der Waals surface area contributed by atoms with Crippen molar-refractivity contribution in [3.05, 3.63) is 17.8 Å². The number of nitrogens with zero attached hydrogens (tertiary/aromatic N) is 3. The van der Waals surface area contributed by atoms with Gasteiger partial charge in [0.15, 0.2) is 0 Å². The Morgan fingerprint density at radius 2 is 2.15 bits per heavy atom. The number of anilines is 1. The fourth-order valence-corrected chi connectivity index (χ4v) is 3.64. The summed E-state index contributed by atoms with van der Waals surface area (Å²) < 4.78 is 11.7. The molecule has 1 aliphatic heterocycles. The van der Waals surface area contributed by atoms with E-state index in [4.69, 9.17) is 0 Å². The maximum absolute atomic E-state index is 11.7. The third-order valence-electron chi connectivity index (χ3n) is 4.30. The molecule has 3 rings (SSSR count). The SMILES string of the molecule is CCC1=CCN(C2CCCC2)c2nc(S(C)=O)ncc21. The molecule has 4 nitrogen and oxygen atoms in total. The Bertz CT molecular complexity index is 564. The lowest BCUT2D eigenvalue weighted by Crippen LogP contribution is -2.37. The summed E-state index contributed by atoms with van der Waals surface area (Å²) >= 11 is 0. The normalized spacial score (nSPS) is 20.7. The molecule has 5 heteroatoms. The summed E-state index contributed by atoms with van der Waals surface area (Å²) in [6.07, 6.45) is 11.9. The lowest BCUT2D eigenvalue weighted by Gasteiger charge is -2.34. The van der Waals surface area contributed by atoms with Crippen LogP contribution in [0.1, 0.15) is 44.6 Å². The molecule has 2 heterocycles. The van der Waals surface area contributed by atoms with Crippen LogP contribution in [0.2, 0.25) is 0 Å². The molecule has 1 aliphatic carbocycles. The summed E-state index contributed by atoms with van der Waals surface area (Å²) in [5.74, 6) is 0.997. The van der Waals surface area contributed by atoms with Crippen molar-refractivity contribution in [3.63, 3.8) is 0 Å². The van der Waals surface area contributed by atoms with Crippen LogP contribution in [0.15, 0.2) is 17.4 Å². The number of aromatic nitrogens is 2. The number of allylic oxidation sites excluding steroid dienone is 1. The van der Waals surface area contributed by atoms with Crippen molar-refractivity contribution in [2.24, 2.45) is 0 Å². The van der Waals surface area contributed by atoms with Crippen LogP contribution in [0, 0.1) is 0 Å². The number of rotatable bonds is 3. The third-order valence-corrected chi connectivity index (χ3v) is 5.01. The summed E-state index contributed by atoms with van der Waals surface area (Å²) in [5, 5.41) is 0.448. The van der Waals surface area contributed by atoms with E-state index in [-0.39, 0.29) is 0 Å². The van der Waals surface area contributed by atoms with Crippen LogP contribution >= 0.6 is 0 Å². The zero-order valence-electron chi connectivity index (χ0n) is 12.1. The molecule has 1 unspecified atom stereocenters. The molecule has 0 radical (unpaired) electrons. The first-order valence-electron chi connectivity index (χ1n) is 7.37. The van der Waals surface area contributed by atoms with E-state index >= 15 is 0 Å². The van der Waals surface area contributed by atoms with Crippen molar-refractivity contribution in [2.45, 2.75) is 50.2 Å². The highest BCUT2D eigenvalue weighted by Gasteiger charge is 2.28. The van der Waals surface area contributed by atoms with Crippen molar-refractivity contribution < 1.29 is 4.21 Å². The summed E-state index contributed by atoms with van der Waals surface area (Å²) in [4.78, 5) is 11.3. The van der Waals surface area contributed by atoms with E-state index in [1.165, 1.54) is 31.3 Å². The van der Waals surface area contributed by atoms with Gasteiger partial charge >= 0.3 is 0 Å². The van der Waals surface area contributed by atoms with Crippen LogP contribution in [0.25, 0.3) is 5.57 Å². The van der Waals surface area contributed by atoms with Gasteiger partial charge in [-0.3, -0.25) is 4.21 Å². The maximum atomic E-state index is 11.7. The lowest BCUT2D eigenvalue weighted by atomic mass is 10.00. The molecule has 0 spiro atoms. The monoisotopic (exact) mass is 291 g/mol. The van der Waals surface area contributed by atoms with E-state index in [9.17, 15) is 4.21 Å². The predicted octanol–water partition coefficient (Wildman–Crippen LogP) is 2.77. The largest absolute Gasteiger partial charge is 0.349 e. The zero-order chi connectivity index (χ0) is 14.1. The van der Waals surface area contributed by atoms with E-state index in [0.29, 0.717) is 11.2 Å². The molecule has 1 atom stereocenters. The smallest absolute Gasteiger partial charge is 0.220 e. The molecule has 2 aliphatic rings. The molecule has 20 heavy (non-hydrogen) atoms. The van der Waals surface area contributed by atoms with Gasteiger partial charge < -0.3 is 4.90 Å². The van der Waals surface area contributed by atoms with Crippen molar-refractivity contribution in [2.75, 3.05) is 17.7 Å². The Labute approximate surface area is 122 Å². The summed E-state index contributed by atoms with van der Waals surface area (Å²) in [6.45, 7) is 3.08. The molecule has 0 amide bonds. The Morgan fingerprint density at radius 1 is 1.40 bits per heavy atom. The molecule has 0 aromatic carbocycles. The average molecular weight is 291 g/mol. The Morgan fingerprint density at radius 3 is 2.80 bits per heavy atom. The molecule has 108 valence electrons. The van der Waals surface area contributed by atoms with E-state index in [0.717, 1.165) is 24.3 Å². The van der Waals surface area contributed by atoms with Crippen LogP contribution in [0.3, 0.4) is 0 Å². The predicted molar refractivity (Wildman–Crippen MR) is 82.2 cm³/mol. The number of hydrogen-bond acceptors (Lipinski definition) is 4. The highest BCUT2D eigenvalue weighted by atomic mass is 32.2. The number of fused-ring (bicyclic) bond motifs is 1. The van der Waals surface area contributed by atoms with E-state index < -0.39 is 10.8 Å². The second-order valence-electron chi connectivity index (χ2n) is 5.52. The van der Waals surface area contributed by atoms with Crippen molar-refractivity contribution in [1.29, 1.82) is 0 Å². The minimum absolute atomic E-state index is 0.448. The first-order valence-corrected chi connectivity index (χ1v) is 8.93. The van der Waals surface area contributed by atoms with E-state index in [2.05, 4.69) is 27.9 Å². The fraction of sp³-hybridized carbons (Fsp3) is 0.600. The first kappa shape index (κ1) is 13.7. The number of hydrogen-bond donors (Lipinski definition) is 0. The maximum Gasteiger partial charge on any atom is 0.220 e. The quantitative estimate of drug-likeness (QED) is 0.803. The second-order valence-corrected chi connectivity index (χ2v) is 6.79. The van der Waals surface area contributed by atoms with Crippen molar-refractivity contribution in [1.82, 2.24) is 9.97 Å². The second kappa shape index (κ2) is 5.64.